The van der Waals surface area contributed by atoms with E-state index in [1.807, 2.05) is 24.3 Å². The van der Waals surface area contributed by atoms with Gasteiger partial charge in [0.1, 0.15) is 5.75 Å². The van der Waals surface area contributed by atoms with Crippen LogP contribution in [0.5, 0.6) is 11.6 Å². The van der Waals surface area contributed by atoms with Crippen molar-refractivity contribution in [2.45, 2.75) is 19.8 Å². The van der Waals surface area contributed by atoms with E-state index in [4.69, 9.17) is 4.74 Å². The van der Waals surface area contributed by atoms with Gasteiger partial charge in [-0.1, -0.05) is 32.0 Å². The minimum absolute atomic E-state index is 0.348. The molecule has 0 fully saturated rings. The molecule has 1 aromatic heterocycles. The molecule has 0 N–H and O–H groups in total. The minimum Gasteiger partial charge on any atom is -0.438 e. The van der Waals surface area contributed by atoms with E-state index in [0.29, 0.717) is 17.4 Å². The molecule has 0 aliphatic rings. The molecule has 2 aromatic rings. The topological polar surface area (TPSA) is 39.2 Å². The van der Waals surface area contributed by atoms with E-state index in [0.717, 1.165) is 17.6 Å². The average Bonchev–Trinajstić information content (AvgIpc) is 2.40. The fourth-order valence-electron chi connectivity index (χ4n) is 1.73. The van der Waals surface area contributed by atoms with Gasteiger partial charge in [0.15, 0.2) is 6.29 Å². The molecule has 0 atom stereocenters. The SMILES string of the molecule is CC(C)c1ccccc1Oc1ncccc1C=O. The summed E-state index contributed by atoms with van der Waals surface area (Å²) in [6, 6.07) is 11.2. The number of benzene rings is 1. The lowest BCUT2D eigenvalue weighted by atomic mass is 10.0. The number of carbonyl (C=O) groups is 1. The molecule has 2 rings (SSSR count). The molecule has 0 saturated heterocycles. The Morgan fingerprint density at radius 3 is 2.67 bits per heavy atom. The molecule has 92 valence electrons. The fraction of sp³-hybridized carbons (Fsp3) is 0.200. The molecule has 18 heavy (non-hydrogen) atoms. The number of ether oxygens (including phenoxy) is 1. The minimum atomic E-state index is 0.348. The second-order valence-electron chi connectivity index (χ2n) is 4.31. The van der Waals surface area contributed by atoms with Crippen LogP contribution in [0, 0.1) is 0 Å². The molecule has 3 heteroatoms. The van der Waals surface area contributed by atoms with Gasteiger partial charge < -0.3 is 4.74 Å². The Morgan fingerprint density at radius 2 is 1.94 bits per heavy atom. The van der Waals surface area contributed by atoms with E-state index >= 15 is 0 Å². The first-order valence-electron chi connectivity index (χ1n) is 5.89. The van der Waals surface area contributed by atoms with Crippen molar-refractivity contribution >= 4 is 6.29 Å². The molecule has 0 aliphatic carbocycles. The summed E-state index contributed by atoms with van der Waals surface area (Å²) >= 11 is 0. The van der Waals surface area contributed by atoms with Gasteiger partial charge in [-0.05, 0) is 29.7 Å². The van der Waals surface area contributed by atoms with Crippen molar-refractivity contribution in [2.24, 2.45) is 0 Å². The number of carbonyl (C=O) groups excluding carboxylic acids is 1. The van der Waals surface area contributed by atoms with Crippen molar-refractivity contribution in [3.05, 3.63) is 53.7 Å². The van der Waals surface area contributed by atoms with Crippen LogP contribution in [0.3, 0.4) is 0 Å². The van der Waals surface area contributed by atoms with Crippen molar-refractivity contribution in [1.29, 1.82) is 0 Å². The lowest BCUT2D eigenvalue weighted by Crippen LogP contribution is -1.97. The predicted octanol–water partition coefficient (Wildman–Crippen LogP) is 3.81. The number of para-hydroxylation sites is 1. The van der Waals surface area contributed by atoms with E-state index in [1.54, 1.807) is 18.3 Å². The number of hydrogen-bond donors (Lipinski definition) is 0. The van der Waals surface area contributed by atoms with E-state index in [2.05, 4.69) is 18.8 Å². The molecule has 0 unspecified atom stereocenters. The second-order valence-corrected chi connectivity index (χ2v) is 4.31. The van der Waals surface area contributed by atoms with Gasteiger partial charge in [0.25, 0.3) is 0 Å². The van der Waals surface area contributed by atoms with Gasteiger partial charge in [-0.2, -0.15) is 0 Å². The van der Waals surface area contributed by atoms with Crippen molar-refractivity contribution in [2.75, 3.05) is 0 Å². The van der Waals surface area contributed by atoms with Crippen LogP contribution in [0.15, 0.2) is 42.6 Å². The van der Waals surface area contributed by atoms with E-state index in [1.165, 1.54) is 0 Å². The number of aldehydes is 1. The number of pyridine rings is 1. The van der Waals surface area contributed by atoms with E-state index < -0.39 is 0 Å². The van der Waals surface area contributed by atoms with Gasteiger partial charge in [0, 0.05) is 6.20 Å². The third-order valence-electron chi connectivity index (χ3n) is 2.68. The summed E-state index contributed by atoms with van der Waals surface area (Å²) in [6.45, 7) is 4.20. The van der Waals surface area contributed by atoms with Gasteiger partial charge in [0.05, 0.1) is 5.56 Å². The van der Waals surface area contributed by atoms with Crippen LogP contribution < -0.4 is 4.74 Å². The highest BCUT2D eigenvalue weighted by Crippen LogP contribution is 2.30. The second kappa shape index (κ2) is 5.45. The van der Waals surface area contributed by atoms with Crippen molar-refractivity contribution in [1.82, 2.24) is 4.98 Å². The molecule has 3 nitrogen and oxygen atoms in total. The van der Waals surface area contributed by atoms with E-state index in [-0.39, 0.29) is 0 Å². The van der Waals surface area contributed by atoms with Crippen molar-refractivity contribution in [3.8, 4) is 11.6 Å². The smallest absolute Gasteiger partial charge is 0.229 e. The first kappa shape index (κ1) is 12.3. The fourth-order valence-corrected chi connectivity index (χ4v) is 1.73. The van der Waals surface area contributed by atoms with Crippen LogP contribution in [-0.4, -0.2) is 11.3 Å². The Labute approximate surface area is 106 Å². The van der Waals surface area contributed by atoms with Gasteiger partial charge >= 0.3 is 0 Å². The lowest BCUT2D eigenvalue weighted by molar-refractivity contribution is 0.112. The number of rotatable bonds is 4. The Hall–Kier alpha value is -2.16. The first-order chi connectivity index (χ1) is 8.72. The highest BCUT2D eigenvalue weighted by molar-refractivity contribution is 5.78. The molecular weight excluding hydrogens is 226 g/mol. The Balaban J connectivity index is 2.37. The number of aromatic nitrogens is 1. The summed E-state index contributed by atoms with van der Waals surface area (Å²) in [6.07, 6.45) is 2.36. The Bertz CT molecular complexity index is 550. The maximum atomic E-state index is 10.9. The van der Waals surface area contributed by atoms with Crippen LogP contribution in [0.4, 0.5) is 0 Å². The van der Waals surface area contributed by atoms with Gasteiger partial charge in [0.2, 0.25) is 5.88 Å². The maximum Gasteiger partial charge on any atom is 0.229 e. The van der Waals surface area contributed by atoms with Crippen molar-refractivity contribution in [3.63, 3.8) is 0 Å². The third-order valence-corrected chi connectivity index (χ3v) is 2.68. The zero-order valence-electron chi connectivity index (χ0n) is 10.5. The molecular formula is C15H15NO2. The largest absolute Gasteiger partial charge is 0.438 e. The Morgan fingerprint density at radius 1 is 1.17 bits per heavy atom. The van der Waals surface area contributed by atoms with Crippen LogP contribution in [-0.2, 0) is 0 Å². The van der Waals surface area contributed by atoms with Gasteiger partial charge in [-0.3, -0.25) is 4.79 Å². The summed E-state index contributed by atoms with van der Waals surface area (Å²) in [7, 11) is 0. The number of nitrogens with zero attached hydrogens (tertiary/aromatic N) is 1. The zero-order valence-corrected chi connectivity index (χ0v) is 10.5. The van der Waals surface area contributed by atoms with Gasteiger partial charge in [-0.25, -0.2) is 4.98 Å². The molecule has 0 bridgehead atoms. The summed E-state index contributed by atoms with van der Waals surface area (Å²) in [5.41, 5.74) is 1.55. The van der Waals surface area contributed by atoms with Crippen LogP contribution >= 0.6 is 0 Å². The highest BCUT2D eigenvalue weighted by Gasteiger charge is 2.10. The molecule has 1 aromatic carbocycles. The molecule has 0 saturated carbocycles. The first-order valence-corrected chi connectivity index (χ1v) is 5.89. The molecule has 0 radical (unpaired) electrons. The highest BCUT2D eigenvalue weighted by atomic mass is 16.5. The van der Waals surface area contributed by atoms with Crippen molar-refractivity contribution < 1.29 is 9.53 Å². The summed E-state index contributed by atoms with van der Waals surface area (Å²) in [5, 5.41) is 0. The standard InChI is InChI=1S/C15H15NO2/c1-11(2)13-7-3-4-8-14(13)18-15-12(10-17)6-5-9-16-15/h3-11H,1-2H3. The Kier molecular flexibility index (Phi) is 3.72. The summed E-state index contributed by atoms with van der Waals surface area (Å²) in [5.74, 6) is 1.44. The molecule has 0 aliphatic heterocycles. The average molecular weight is 241 g/mol. The predicted molar refractivity (Wildman–Crippen MR) is 70.2 cm³/mol. The monoisotopic (exact) mass is 241 g/mol. The van der Waals surface area contributed by atoms with E-state index in [9.17, 15) is 4.79 Å². The van der Waals surface area contributed by atoms with Crippen LogP contribution in [0.25, 0.3) is 0 Å². The quantitative estimate of drug-likeness (QED) is 0.764. The molecule has 1 heterocycles. The number of hydrogen-bond acceptors (Lipinski definition) is 3. The maximum absolute atomic E-state index is 10.9. The van der Waals surface area contributed by atoms with Crippen LogP contribution in [0.1, 0.15) is 35.7 Å². The normalized spacial score (nSPS) is 10.4. The lowest BCUT2D eigenvalue weighted by Gasteiger charge is -2.13. The molecule has 0 spiro atoms. The molecule has 0 amide bonds. The van der Waals surface area contributed by atoms with Gasteiger partial charge in [-0.15, -0.1) is 0 Å². The third kappa shape index (κ3) is 2.56. The summed E-state index contributed by atoms with van der Waals surface area (Å²) < 4.78 is 5.75. The summed E-state index contributed by atoms with van der Waals surface area (Å²) in [4.78, 5) is 15.0. The van der Waals surface area contributed by atoms with Crippen LogP contribution in [0.2, 0.25) is 0 Å². The zero-order chi connectivity index (χ0) is 13.0.